The zero-order valence-corrected chi connectivity index (χ0v) is 20.1. The number of hydrogen-bond acceptors (Lipinski definition) is 4. The number of aromatic nitrogens is 2. The number of ether oxygens (including phenoxy) is 1. The smallest absolute Gasteiger partial charge is 0.0900 e. The van der Waals surface area contributed by atoms with Gasteiger partial charge in [0.2, 0.25) is 0 Å². The number of nitrogens with one attached hydrogen (secondary N) is 1. The zero-order chi connectivity index (χ0) is 22.8. The molecule has 3 aromatic rings. The second-order valence-corrected chi connectivity index (χ2v) is 9.70. The molecule has 0 aliphatic carbocycles. The molecule has 1 saturated heterocycles. The maximum absolute atomic E-state index is 10.0. The first kappa shape index (κ1) is 23.0. The van der Waals surface area contributed by atoms with Gasteiger partial charge in [-0.05, 0) is 87.0 Å². The van der Waals surface area contributed by atoms with Crippen molar-refractivity contribution in [3.05, 3.63) is 52.8 Å². The highest BCUT2D eigenvalue weighted by Gasteiger charge is 2.24. The van der Waals surface area contributed by atoms with Gasteiger partial charge < -0.3 is 19.7 Å². The molecule has 0 amide bonds. The lowest BCUT2D eigenvalue weighted by molar-refractivity contribution is 0.0320. The average Bonchev–Trinajstić information content (AvgIpc) is 3.13. The fourth-order valence-electron chi connectivity index (χ4n) is 5.28. The molecule has 0 unspecified atom stereocenters. The Balaban J connectivity index is 1.60. The van der Waals surface area contributed by atoms with Gasteiger partial charge >= 0.3 is 0 Å². The van der Waals surface area contributed by atoms with Crippen LogP contribution in [0.3, 0.4) is 0 Å². The van der Waals surface area contributed by atoms with Crippen molar-refractivity contribution >= 4 is 10.9 Å². The van der Waals surface area contributed by atoms with Crippen LogP contribution in [0.25, 0.3) is 22.2 Å². The lowest BCUT2D eigenvalue weighted by Gasteiger charge is -2.33. The molecular weight excluding hydrogens is 398 g/mol. The number of β-amino-alcohol motifs (C(OH)–C–C–N with tert-alkyl or cyclic N) is 1. The minimum Gasteiger partial charge on any atom is -0.389 e. The summed E-state index contributed by atoms with van der Waals surface area (Å²) >= 11 is 0. The lowest BCUT2D eigenvalue weighted by atomic mass is 9.87. The topological polar surface area (TPSA) is 61.4 Å². The maximum atomic E-state index is 10.0. The molecule has 32 heavy (non-hydrogen) atoms. The van der Waals surface area contributed by atoms with Crippen LogP contribution < -0.4 is 0 Å². The number of aryl methyl sites for hydroxylation is 2. The Morgan fingerprint density at radius 1 is 1.12 bits per heavy atom. The van der Waals surface area contributed by atoms with E-state index in [1.165, 1.54) is 33.3 Å². The largest absolute Gasteiger partial charge is 0.389 e. The van der Waals surface area contributed by atoms with Crippen molar-refractivity contribution in [2.24, 2.45) is 0 Å². The van der Waals surface area contributed by atoms with Crippen molar-refractivity contribution in [1.82, 2.24) is 14.9 Å². The molecule has 3 heterocycles. The summed E-state index contributed by atoms with van der Waals surface area (Å²) in [5.74, 6) is 0.992. The Kier molecular flexibility index (Phi) is 6.99. The molecule has 0 radical (unpaired) electrons. The zero-order valence-electron chi connectivity index (χ0n) is 20.1. The summed E-state index contributed by atoms with van der Waals surface area (Å²) in [5, 5.41) is 11.4. The third kappa shape index (κ3) is 4.90. The van der Waals surface area contributed by atoms with E-state index in [1.54, 1.807) is 7.11 Å². The van der Waals surface area contributed by atoms with E-state index < -0.39 is 6.10 Å². The molecule has 1 fully saturated rings. The van der Waals surface area contributed by atoms with Gasteiger partial charge in [-0.3, -0.25) is 4.98 Å². The standard InChI is InChI=1S/C27H37N3O2/c1-17(2)26-24-14-21(20-8-10-30(11-9-20)15-23(31)16-32-5)6-7-25(24)29-27(26)22-12-18(3)28-19(4)13-22/h6-7,12-14,17,20,23,29,31H,8-11,15-16H2,1-5H3/t23-/m1/s1. The highest BCUT2D eigenvalue weighted by atomic mass is 16.5. The minimum atomic E-state index is -0.403. The Labute approximate surface area is 191 Å². The molecule has 0 spiro atoms. The number of aliphatic hydroxyl groups is 1. The first-order valence-electron chi connectivity index (χ1n) is 11.9. The first-order valence-corrected chi connectivity index (χ1v) is 11.9. The van der Waals surface area contributed by atoms with E-state index in [0.717, 1.165) is 37.3 Å². The van der Waals surface area contributed by atoms with Crippen LogP contribution in [-0.4, -0.2) is 59.4 Å². The molecule has 0 saturated carbocycles. The second-order valence-electron chi connectivity index (χ2n) is 9.70. The van der Waals surface area contributed by atoms with Gasteiger partial charge in [0.15, 0.2) is 0 Å². The van der Waals surface area contributed by atoms with Crippen LogP contribution >= 0.6 is 0 Å². The van der Waals surface area contributed by atoms with Gasteiger partial charge in [0.05, 0.1) is 18.4 Å². The van der Waals surface area contributed by atoms with E-state index in [0.29, 0.717) is 25.0 Å². The molecule has 1 aromatic carbocycles. The van der Waals surface area contributed by atoms with Gasteiger partial charge in [-0.25, -0.2) is 0 Å². The highest BCUT2D eigenvalue weighted by Crippen LogP contribution is 2.38. The fourth-order valence-corrected chi connectivity index (χ4v) is 5.28. The molecule has 1 aliphatic heterocycles. The van der Waals surface area contributed by atoms with Gasteiger partial charge in [0.1, 0.15) is 0 Å². The number of piperidine rings is 1. The predicted octanol–water partition coefficient (Wildman–Crippen LogP) is 5.16. The minimum absolute atomic E-state index is 0.403. The van der Waals surface area contributed by atoms with Gasteiger partial charge in [-0.1, -0.05) is 19.9 Å². The fraction of sp³-hybridized carbons (Fsp3) is 0.519. The Hall–Kier alpha value is -2.21. The quantitative estimate of drug-likeness (QED) is 0.538. The number of rotatable bonds is 7. The third-order valence-electron chi connectivity index (χ3n) is 6.70. The summed E-state index contributed by atoms with van der Waals surface area (Å²) in [6.07, 6.45) is 1.85. The van der Waals surface area contributed by atoms with Gasteiger partial charge in [0.25, 0.3) is 0 Å². The third-order valence-corrected chi connectivity index (χ3v) is 6.70. The van der Waals surface area contributed by atoms with Crippen LogP contribution in [0.15, 0.2) is 30.3 Å². The SMILES string of the molecule is COC[C@H](O)CN1CCC(c2ccc3[nH]c(-c4cc(C)nc(C)c4)c(C(C)C)c3c2)CC1. The summed E-state index contributed by atoms with van der Waals surface area (Å²) < 4.78 is 5.07. The van der Waals surface area contributed by atoms with Crippen molar-refractivity contribution in [2.75, 3.05) is 33.4 Å². The van der Waals surface area contributed by atoms with Crippen LogP contribution in [0.4, 0.5) is 0 Å². The Morgan fingerprint density at radius 2 is 1.81 bits per heavy atom. The van der Waals surface area contributed by atoms with E-state index >= 15 is 0 Å². The number of nitrogens with zero attached hydrogens (tertiary/aromatic N) is 2. The molecule has 5 nitrogen and oxygen atoms in total. The monoisotopic (exact) mass is 435 g/mol. The van der Waals surface area contributed by atoms with Crippen LogP contribution in [0.2, 0.25) is 0 Å². The van der Waals surface area contributed by atoms with Gasteiger partial charge in [-0.2, -0.15) is 0 Å². The molecule has 4 rings (SSSR count). The lowest BCUT2D eigenvalue weighted by Crippen LogP contribution is -2.39. The van der Waals surface area contributed by atoms with Crippen molar-refractivity contribution in [2.45, 2.75) is 58.5 Å². The van der Waals surface area contributed by atoms with E-state index in [-0.39, 0.29) is 0 Å². The number of pyridine rings is 1. The average molecular weight is 436 g/mol. The molecule has 172 valence electrons. The molecule has 2 aromatic heterocycles. The highest BCUT2D eigenvalue weighted by molar-refractivity contribution is 5.92. The van der Waals surface area contributed by atoms with Gasteiger partial charge in [0, 0.05) is 41.5 Å². The summed E-state index contributed by atoms with van der Waals surface area (Å²) in [6.45, 7) is 11.8. The number of H-pyrrole nitrogens is 1. The van der Waals surface area contributed by atoms with E-state index in [9.17, 15) is 5.11 Å². The number of hydrogen-bond donors (Lipinski definition) is 2. The van der Waals surface area contributed by atoms with Crippen molar-refractivity contribution in [3.63, 3.8) is 0 Å². The van der Waals surface area contributed by atoms with Crippen molar-refractivity contribution in [1.29, 1.82) is 0 Å². The Bertz CT molecular complexity index is 1040. The first-order chi connectivity index (χ1) is 15.4. The Morgan fingerprint density at radius 3 is 2.44 bits per heavy atom. The molecular formula is C27H37N3O2. The summed E-state index contributed by atoms with van der Waals surface area (Å²) in [5.41, 5.74) is 8.59. The summed E-state index contributed by atoms with van der Waals surface area (Å²) in [4.78, 5) is 10.6. The van der Waals surface area contributed by atoms with Crippen LogP contribution in [0, 0.1) is 13.8 Å². The second kappa shape index (κ2) is 9.74. The van der Waals surface area contributed by atoms with E-state index in [1.807, 2.05) is 0 Å². The number of benzene rings is 1. The molecule has 0 bridgehead atoms. The molecule has 1 atom stereocenters. The molecule has 2 N–H and O–H groups in total. The van der Waals surface area contributed by atoms with Crippen LogP contribution in [0.1, 0.15) is 61.0 Å². The number of aromatic amines is 1. The van der Waals surface area contributed by atoms with Crippen molar-refractivity contribution < 1.29 is 9.84 Å². The molecule has 1 aliphatic rings. The number of likely N-dealkylation sites (tertiary alicyclic amines) is 1. The maximum Gasteiger partial charge on any atom is 0.0900 e. The predicted molar refractivity (Wildman–Crippen MR) is 131 cm³/mol. The van der Waals surface area contributed by atoms with Crippen LogP contribution in [-0.2, 0) is 4.74 Å². The normalized spacial score (nSPS) is 16.8. The molecule has 5 heteroatoms. The number of methoxy groups -OCH3 is 1. The number of fused-ring (bicyclic) bond motifs is 1. The summed E-state index contributed by atoms with van der Waals surface area (Å²) in [7, 11) is 1.64. The van der Waals surface area contributed by atoms with E-state index in [2.05, 4.69) is 72.9 Å². The number of aliphatic hydroxyl groups excluding tert-OH is 1. The van der Waals surface area contributed by atoms with E-state index in [4.69, 9.17) is 4.74 Å². The summed E-state index contributed by atoms with van der Waals surface area (Å²) in [6, 6.07) is 11.3. The van der Waals surface area contributed by atoms with Gasteiger partial charge in [-0.15, -0.1) is 0 Å². The van der Waals surface area contributed by atoms with Crippen LogP contribution in [0.5, 0.6) is 0 Å². The van der Waals surface area contributed by atoms with Crippen molar-refractivity contribution in [3.8, 4) is 11.3 Å².